The summed E-state index contributed by atoms with van der Waals surface area (Å²) in [6, 6.07) is 12.8. The summed E-state index contributed by atoms with van der Waals surface area (Å²) in [7, 11) is 0. The van der Waals surface area contributed by atoms with Gasteiger partial charge in [0.2, 0.25) is 5.91 Å². The van der Waals surface area contributed by atoms with Crippen molar-refractivity contribution in [1.82, 2.24) is 4.90 Å². The molecule has 2 aromatic carbocycles. The fourth-order valence-corrected chi connectivity index (χ4v) is 5.08. The molecule has 2 aromatic rings. The van der Waals surface area contributed by atoms with Gasteiger partial charge in [-0.1, -0.05) is 54.4 Å². The van der Waals surface area contributed by atoms with Gasteiger partial charge in [0.15, 0.2) is 0 Å². The van der Waals surface area contributed by atoms with Crippen molar-refractivity contribution in [2.45, 2.75) is 50.6 Å². The van der Waals surface area contributed by atoms with E-state index in [1.165, 1.54) is 4.90 Å². The molecule has 8 heteroatoms. The fraction of sp³-hybridized carbons (Fsp3) is 0.360. The molecule has 1 amide bonds. The normalized spacial score (nSPS) is 23.7. The number of hydrogen-bond acceptors (Lipinski definition) is 4. The first-order valence-corrected chi connectivity index (χ1v) is 11.4. The summed E-state index contributed by atoms with van der Waals surface area (Å²) in [4.78, 5) is 50.2. The van der Waals surface area contributed by atoms with Crippen LogP contribution in [0.1, 0.15) is 55.7 Å². The topological polar surface area (TPSA) is 91.8 Å². The van der Waals surface area contributed by atoms with Gasteiger partial charge in [0.05, 0.1) is 23.9 Å². The number of rotatable bonds is 9. The van der Waals surface area contributed by atoms with Crippen molar-refractivity contribution < 1.29 is 24.3 Å². The molecule has 1 aliphatic rings. The van der Waals surface area contributed by atoms with E-state index in [2.05, 4.69) is 0 Å². The van der Waals surface area contributed by atoms with E-state index in [1.807, 2.05) is 6.07 Å². The Morgan fingerprint density at radius 1 is 1.15 bits per heavy atom. The zero-order chi connectivity index (χ0) is 24.2. The van der Waals surface area contributed by atoms with E-state index < -0.39 is 29.4 Å². The van der Waals surface area contributed by atoms with Gasteiger partial charge in [0.25, 0.3) is 0 Å². The Kier molecular flexibility index (Phi) is 7.92. The predicted molar refractivity (Wildman–Crippen MR) is 125 cm³/mol. The molecule has 0 bridgehead atoms. The number of carboxylic acids is 1. The second kappa shape index (κ2) is 10.5. The van der Waals surface area contributed by atoms with Gasteiger partial charge in [-0.2, -0.15) is 0 Å². The average Bonchev–Trinajstić information content (AvgIpc) is 2.77. The van der Waals surface area contributed by atoms with Gasteiger partial charge >= 0.3 is 5.97 Å². The first-order chi connectivity index (χ1) is 15.7. The number of likely N-dealkylation sites (tertiary alicyclic amines) is 1. The summed E-state index contributed by atoms with van der Waals surface area (Å²) in [5.74, 6) is -1.87. The molecule has 1 N–H and O–H groups in total. The molecule has 1 fully saturated rings. The lowest BCUT2D eigenvalue weighted by Crippen LogP contribution is -2.56. The van der Waals surface area contributed by atoms with E-state index in [4.69, 9.17) is 23.2 Å². The van der Waals surface area contributed by atoms with Crippen molar-refractivity contribution in [3.8, 4) is 0 Å². The summed E-state index contributed by atoms with van der Waals surface area (Å²) in [6.45, 7) is 1.62. The second-order valence-corrected chi connectivity index (χ2v) is 9.53. The van der Waals surface area contributed by atoms with Crippen molar-refractivity contribution in [3.63, 3.8) is 0 Å². The van der Waals surface area contributed by atoms with Crippen molar-refractivity contribution >= 4 is 47.7 Å². The number of amides is 1. The minimum absolute atomic E-state index is 0.0952. The van der Waals surface area contributed by atoms with E-state index in [9.17, 15) is 24.3 Å². The highest BCUT2D eigenvalue weighted by Crippen LogP contribution is 2.52. The van der Waals surface area contributed by atoms with Gasteiger partial charge < -0.3 is 19.6 Å². The highest BCUT2D eigenvalue weighted by atomic mass is 35.5. The molecule has 0 aromatic heterocycles. The molecular formula is C25H25Cl2NO5. The molecule has 1 heterocycles. The van der Waals surface area contributed by atoms with Crippen LogP contribution >= 0.6 is 23.2 Å². The van der Waals surface area contributed by atoms with E-state index in [-0.39, 0.29) is 31.6 Å². The Labute approximate surface area is 202 Å². The standard InChI is InChI=1S/C25H25Cl2NO5/c1-25(14-22(31)32)13-21(17-4-2-5-19(27)12-17)23(16-7-9-18(26)10-8-16)28(24(25)33)20(15-30)6-3-11-29/h2,4-5,7-12,15,20-21,23H,3,6,13-14H2,1H3,(H,31,32)/t20?,21-,23-,25+/m1/s1. The van der Waals surface area contributed by atoms with Crippen molar-refractivity contribution in [2.24, 2.45) is 5.41 Å². The van der Waals surface area contributed by atoms with Gasteiger partial charge in [-0.05, 0) is 48.2 Å². The minimum atomic E-state index is -1.25. The molecule has 6 nitrogen and oxygen atoms in total. The van der Waals surface area contributed by atoms with Crippen LogP contribution < -0.4 is 0 Å². The van der Waals surface area contributed by atoms with Gasteiger partial charge in [-0.25, -0.2) is 0 Å². The van der Waals surface area contributed by atoms with Crippen LogP contribution in [-0.4, -0.2) is 40.5 Å². The average molecular weight is 490 g/mol. The van der Waals surface area contributed by atoms with Crippen LogP contribution in [0.4, 0.5) is 0 Å². The lowest BCUT2D eigenvalue weighted by atomic mass is 9.67. The second-order valence-electron chi connectivity index (χ2n) is 8.65. The van der Waals surface area contributed by atoms with Gasteiger partial charge in [-0.15, -0.1) is 0 Å². The predicted octanol–water partition coefficient (Wildman–Crippen LogP) is 5.08. The van der Waals surface area contributed by atoms with Gasteiger partial charge in [-0.3, -0.25) is 9.59 Å². The van der Waals surface area contributed by atoms with Crippen LogP contribution in [0.25, 0.3) is 0 Å². The van der Waals surface area contributed by atoms with Crippen LogP contribution in [-0.2, 0) is 19.2 Å². The largest absolute Gasteiger partial charge is 0.481 e. The van der Waals surface area contributed by atoms with E-state index in [0.717, 1.165) is 11.1 Å². The molecule has 0 spiro atoms. The molecule has 4 atom stereocenters. The number of halogens is 2. The van der Waals surface area contributed by atoms with Crippen LogP contribution in [0.3, 0.4) is 0 Å². The number of piperidine rings is 1. The Morgan fingerprint density at radius 3 is 2.42 bits per heavy atom. The fourth-order valence-electron chi connectivity index (χ4n) is 4.76. The monoisotopic (exact) mass is 489 g/mol. The quantitative estimate of drug-likeness (QED) is 0.495. The number of aliphatic carboxylic acids is 1. The maximum absolute atomic E-state index is 13.8. The molecule has 1 unspecified atom stereocenters. The number of carboxylic acid groups (broad SMARTS) is 1. The van der Waals surface area contributed by atoms with Gasteiger partial charge in [0, 0.05) is 22.4 Å². The zero-order valence-corrected chi connectivity index (χ0v) is 19.6. The third kappa shape index (κ3) is 5.45. The third-order valence-electron chi connectivity index (χ3n) is 6.23. The molecule has 1 saturated heterocycles. The Morgan fingerprint density at radius 2 is 1.85 bits per heavy atom. The molecular weight excluding hydrogens is 465 g/mol. The van der Waals surface area contributed by atoms with Crippen molar-refractivity contribution in [3.05, 3.63) is 69.7 Å². The van der Waals surface area contributed by atoms with Crippen LogP contribution in [0.15, 0.2) is 48.5 Å². The first kappa shape index (κ1) is 24.9. The SMILES string of the molecule is C[C@@]1(CC(=O)O)C[C@H](c2cccc(Cl)c2)[C@@H](c2ccc(Cl)cc2)N(C(C=O)CCC=O)C1=O. The Bertz CT molecular complexity index is 1040. The molecule has 1 aliphatic heterocycles. The number of hydrogen-bond donors (Lipinski definition) is 1. The summed E-state index contributed by atoms with van der Waals surface area (Å²) in [5, 5.41) is 10.6. The van der Waals surface area contributed by atoms with Crippen molar-refractivity contribution in [1.29, 1.82) is 0 Å². The molecule has 174 valence electrons. The molecule has 0 radical (unpaired) electrons. The number of aldehydes is 2. The first-order valence-electron chi connectivity index (χ1n) is 10.6. The highest BCUT2D eigenvalue weighted by molar-refractivity contribution is 6.30. The summed E-state index contributed by atoms with van der Waals surface area (Å²) in [5.41, 5.74) is 0.342. The van der Waals surface area contributed by atoms with Crippen LogP contribution in [0, 0.1) is 5.41 Å². The Hall–Kier alpha value is -2.70. The summed E-state index contributed by atoms with van der Waals surface area (Å²) >= 11 is 12.4. The summed E-state index contributed by atoms with van der Waals surface area (Å²) in [6.07, 6.45) is 1.47. The van der Waals surface area contributed by atoms with E-state index in [0.29, 0.717) is 22.6 Å². The molecule has 33 heavy (non-hydrogen) atoms. The van der Waals surface area contributed by atoms with E-state index >= 15 is 0 Å². The van der Waals surface area contributed by atoms with Gasteiger partial charge in [0.1, 0.15) is 12.6 Å². The molecule has 3 rings (SSSR count). The highest BCUT2D eigenvalue weighted by Gasteiger charge is 2.52. The number of benzene rings is 2. The number of nitrogens with zero attached hydrogens (tertiary/aromatic N) is 1. The third-order valence-corrected chi connectivity index (χ3v) is 6.71. The van der Waals surface area contributed by atoms with Crippen molar-refractivity contribution in [2.75, 3.05) is 0 Å². The summed E-state index contributed by atoms with van der Waals surface area (Å²) < 4.78 is 0. The maximum atomic E-state index is 13.8. The van der Waals surface area contributed by atoms with Crippen LogP contribution in [0.2, 0.25) is 10.0 Å². The zero-order valence-electron chi connectivity index (χ0n) is 18.1. The Balaban J connectivity index is 2.23. The lowest BCUT2D eigenvalue weighted by Gasteiger charge is -2.51. The lowest BCUT2D eigenvalue weighted by molar-refractivity contribution is -0.161. The number of carbonyl (C=O) groups excluding carboxylic acids is 3. The van der Waals surface area contributed by atoms with E-state index in [1.54, 1.807) is 49.4 Å². The number of carbonyl (C=O) groups is 4. The maximum Gasteiger partial charge on any atom is 0.304 e. The smallest absolute Gasteiger partial charge is 0.304 e. The minimum Gasteiger partial charge on any atom is -0.481 e. The van der Waals surface area contributed by atoms with Crippen LogP contribution in [0.5, 0.6) is 0 Å². The molecule has 0 aliphatic carbocycles. The molecule has 0 saturated carbocycles.